The molecule has 168 valence electrons. The van der Waals surface area contributed by atoms with Crippen molar-refractivity contribution in [2.45, 2.75) is 37.7 Å². The number of aliphatic hydroxyl groups is 1. The number of fused-ring (bicyclic) bond motifs is 1. The lowest BCUT2D eigenvalue weighted by Gasteiger charge is -2.42. The summed E-state index contributed by atoms with van der Waals surface area (Å²) >= 11 is 6.17. The summed E-state index contributed by atoms with van der Waals surface area (Å²) in [6, 6.07) is 8.33. The van der Waals surface area contributed by atoms with Crippen molar-refractivity contribution in [3.05, 3.63) is 58.1 Å². The van der Waals surface area contributed by atoms with Crippen LogP contribution in [-0.2, 0) is 18.7 Å². The van der Waals surface area contributed by atoms with E-state index in [0.29, 0.717) is 11.3 Å². The summed E-state index contributed by atoms with van der Waals surface area (Å²) in [4.78, 5) is 14.2. The molecule has 2 aromatic carbocycles. The highest BCUT2D eigenvalue weighted by Gasteiger charge is 2.60. The molecule has 1 heterocycles. The normalized spacial score (nSPS) is 20.2. The standard InChI is InChI=1S/C23H20ClF3N2O3/c1-32-17-6-4-15(5-7-17)12-29-20-10-16(13-30)19(24)11-18(20)22(23(25,26)27,28-21(29)31)9-8-14-2-3-14/h4-7,10-11,14,30H,2-3,12-13H2,1H3,(H,28,31)/t22-/m1/s1. The second kappa shape index (κ2) is 8.23. The first-order valence-electron chi connectivity index (χ1n) is 9.94. The number of hydrogen-bond acceptors (Lipinski definition) is 3. The van der Waals surface area contributed by atoms with Crippen LogP contribution >= 0.6 is 11.6 Å². The highest BCUT2D eigenvalue weighted by molar-refractivity contribution is 6.31. The van der Waals surface area contributed by atoms with E-state index in [1.54, 1.807) is 24.3 Å². The van der Waals surface area contributed by atoms with Gasteiger partial charge in [-0.1, -0.05) is 35.6 Å². The smallest absolute Gasteiger partial charge is 0.427 e. The lowest BCUT2D eigenvalue weighted by molar-refractivity contribution is -0.179. The number of rotatable bonds is 4. The van der Waals surface area contributed by atoms with E-state index in [4.69, 9.17) is 16.3 Å². The maximum Gasteiger partial charge on any atom is 0.427 e. The Hall–Kier alpha value is -2.89. The molecular formula is C23H20ClF3N2O3. The highest BCUT2D eigenvalue weighted by atomic mass is 35.5. The maximum absolute atomic E-state index is 14.4. The fraction of sp³-hybridized carbons (Fsp3) is 0.348. The third-order valence-corrected chi connectivity index (χ3v) is 5.89. The number of benzene rings is 2. The van der Waals surface area contributed by atoms with Crippen molar-refractivity contribution >= 4 is 23.3 Å². The zero-order chi connectivity index (χ0) is 23.1. The number of nitrogens with one attached hydrogen (secondary N) is 1. The average molecular weight is 465 g/mol. The molecule has 2 amide bonds. The molecule has 0 saturated heterocycles. The number of urea groups is 1. The topological polar surface area (TPSA) is 61.8 Å². The molecule has 1 saturated carbocycles. The second-order valence-corrected chi connectivity index (χ2v) is 8.18. The summed E-state index contributed by atoms with van der Waals surface area (Å²) in [6.45, 7) is -0.490. The molecule has 2 aromatic rings. The number of hydrogen-bond donors (Lipinski definition) is 2. The van der Waals surface area contributed by atoms with E-state index in [9.17, 15) is 23.1 Å². The molecular weight excluding hydrogens is 445 g/mol. The van der Waals surface area contributed by atoms with Crippen LogP contribution in [0.1, 0.15) is 29.5 Å². The second-order valence-electron chi connectivity index (χ2n) is 7.77. The van der Waals surface area contributed by atoms with Crippen LogP contribution in [0, 0.1) is 17.8 Å². The summed E-state index contributed by atoms with van der Waals surface area (Å²) in [5.41, 5.74) is -2.27. The predicted molar refractivity (Wildman–Crippen MR) is 113 cm³/mol. The Morgan fingerprint density at radius 3 is 2.53 bits per heavy atom. The number of alkyl halides is 3. The van der Waals surface area contributed by atoms with E-state index in [0.717, 1.165) is 18.9 Å². The maximum atomic E-state index is 14.4. The molecule has 0 bridgehead atoms. The van der Waals surface area contributed by atoms with Gasteiger partial charge in [-0.15, -0.1) is 0 Å². The van der Waals surface area contributed by atoms with Gasteiger partial charge in [-0.25, -0.2) is 4.79 Å². The number of methoxy groups -OCH3 is 1. The highest BCUT2D eigenvalue weighted by Crippen LogP contribution is 2.47. The number of nitrogens with zero attached hydrogens (tertiary/aromatic N) is 1. The summed E-state index contributed by atoms with van der Waals surface area (Å²) in [7, 11) is 1.52. The summed E-state index contributed by atoms with van der Waals surface area (Å²) < 4.78 is 48.4. The first kappa shape index (κ1) is 22.3. The van der Waals surface area contributed by atoms with Crippen LogP contribution in [-0.4, -0.2) is 24.4 Å². The van der Waals surface area contributed by atoms with E-state index >= 15 is 0 Å². The molecule has 2 N–H and O–H groups in total. The van der Waals surface area contributed by atoms with E-state index in [1.807, 2.05) is 0 Å². The monoisotopic (exact) mass is 464 g/mol. The summed E-state index contributed by atoms with van der Waals surface area (Å²) in [5.74, 6) is 5.46. The van der Waals surface area contributed by atoms with Crippen molar-refractivity contribution in [3.63, 3.8) is 0 Å². The zero-order valence-corrected chi connectivity index (χ0v) is 17.8. The lowest BCUT2D eigenvalue weighted by Crippen LogP contribution is -2.62. The minimum Gasteiger partial charge on any atom is -0.497 e. The van der Waals surface area contributed by atoms with Gasteiger partial charge in [0, 0.05) is 16.5 Å². The largest absolute Gasteiger partial charge is 0.497 e. The van der Waals surface area contributed by atoms with Crippen molar-refractivity contribution in [3.8, 4) is 17.6 Å². The van der Waals surface area contributed by atoms with Gasteiger partial charge in [0.2, 0.25) is 5.54 Å². The first-order chi connectivity index (χ1) is 15.2. The molecule has 9 heteroatoms. The van der Waals surface area contributed by atoms with Crippen LogP contribution in [0.2, 0.25) is 5.02 Å². The molecule has 0 aromatic heterocycles. The van der Waals surface area contributed by atoms with Gasteiger partial charge in [-0.05, 0) is 48.2 Å². The van der Waals surface area contributed by atoms with Crippen LogP contribution in [0.25, 0.3) is 0 Å². The van der Waals surface area contributed by atoms with Gasteiger partial charge in [0.05, 0.1) is 25.9 Å². The van der Waals surface area contributed by atoms with Gasteiger partial charge >= 0.3 is 12.2 Å². The quantitative estimate of drug-likeness (QED) is 0.642. The fourth-order valence-corrected chi connectivity index (χ4v) is 3.78. The van der Waals surface area contributed by atoms with Crippen molar-refractivity contribution in [2.24, 2.45) is 5.92 Å². The third-order valence-electron chi connectivity index (χ3n) is 5.54. The molecule has 2 aliphatic rings. The number of anilines is 1. The molecule has 4 rings (SSSR count). The number of halogens is 4. The van der Waals surface area contributed by atoms with Crippen LogP contribution < -0.4 is 15.0 Å². The molecule has 1 aliphatic carbocycles. The van der Waals surface area contributed by atoms with Crippen molar-refractivity contribution in [2.75, 3.05) is 12.0 Å². The van der Waals surface area contributed by atoms with Gasteiger partial charge in [0.15, 0.2) is 0 Å². The Kier molecular flexibility index (Phi) is 5.74. The van der Waals surface area contributed by atoms with Gasteiger partial charge in [-0.2, -0.15) is 13.2 Å². The average Bonchev–Trinajstić information content (AvgIpc) is 3.58. The SMILES string of the molecule is COc1ccc(CN2C(=O)N[C@@](C#CC3CC3)(C(F)(F)F)c3cc(Cl)c(CO)cc32)cc1. The van der Waals surface area contributed by atoms with Crippen LogP contribution in [0.4, 0.5) is 23.7 Å². The fourth-order valence-electron chi connectivity index (χ4n) is 3.56. The van der Waals surface area contributed by atoms with Gasteiger partial charge in [-0.3, -0.25) is 4.90 Å². The van der Waals surface area contributed by atoms with Gasteiger partial charge in [0.25, 0.3) is 0 Å². The predicted octanol–water partition coefficient (Wildman–Crippen LogP) is 4.74. The van der Waals surface area contributed by atoms with Crippen molar-refractivity contribution in [1.82, 2.24) is 5.32 Å². The number of carbonyl (C=O) groups excluding carboxylic acids is 1. The molecule has 1 atom stereocenters. The van der Waals surface area contributed by atoms with E-state index in [-0.39, 0.29) is 34.3 Å². The molecule has 1 aliphatic heterocycles. The number of ether oxygens (including phenoxy) is 1. The Balaban J connectivity index is 1.86. The Morgan fingerprint density at radius 2 is 1.97 bits per heavy atom. The molecule has 1 fully saturated rings. The zero-order valence-electron chi connectivity index (χ0n) is 17.1. The van der Waals surface area contributed by atoms with Gasteiger partial charge in [0.1, 0.15) is 5.75 Å². The lowest BCUT2D eigenvalue weighted by atomic mass is 9.85. The van der Waals surface area contributed by atoms with E-state index < -0.39 is 24.4 Å². The van der Waals surface area contributed by atoms with E-state index in [2.05, 4.69) is 17.2 Å². The number of amides is 2. The Labute approximate surface area is 188 Å². The minimum absolute atomic E-state index is 0.000407. The first-order valence-corrected chi connectivity index (χ1v) is 10.3. The Morgan fingerprint density at radius 1 is 1.28 bits per heavy atom. The third kappa shape index (κ3) is 3.98. The summed E-state index contributed by atoms with van der Waals surface area (Å²) in [6.07, 6.45) is -3.43. The number of aliphatic hydroxyl groups excluding tert-OH is 1. The van der Waals surface area contributed by atoms with Crippen molar-refractivity contribution in [1.29, 1.82) is 0 Å². The van der Waals surface area contributed by atoms with E-state index in [1.165, 1.54) is 18.1 Å². The van der Waals surface area contributed by atoms with Gasteiger partial charge < -0.3 is 15.2 Å². The molecule has 5 nitrogen and oxygen atoms in total. The van der Waals surface area contributed by atoms with Crippen molar-refractivity contribution < 1.29 is 27.8 Å². The number of carbonyl (C=O) groups is 1. The van der Waals surface area contributed by atoms with Crippen LogP contribution in [0.3, 0.4) is 0 Å². The molecule has 32 heavy (non-hydrogen) atoms. The molecule has 0 radical (unpaired) electrons. The van der Waals surface area contributed by atoms with Crippen LogP contribution in [0.5, 0.6) is 5.75 Å². The molecule has 0 spiro atoms. The Bertz CT molecular complexity index is 1100. The summed E-state index contributed by atoms with van der Waals surface area (Å²) in [5, 5.41) is 11.7. The minimum atomic E-state index is -4.89. The van der Waals surface area contributed by atoms with Crippen LogP contribution in [0.15, 0.2) is 36.4 Å². The molecule has 0 unspecified atom stereocenters.